The van der Waals surface area contributed by atoms with Gasteiger partial charge in [0.15, 0.2) is 0 Å². The van der Waals surface area contributed by atoms with Crippen LogP contribution in [0.5, 0.6) is 0 Å². The van der Waals surface area contributed by atoms with Gasteiger partial charge in [-0.1, -0.05) is 57.0 Å². The predicted octanol–water partition coefficient (Wildman–Crippen LogP) is 3.87. The number of nitrogens with two attached hydrogens (primary N) is 1. The first-order valence-corrected chi connectivity index (χ1v) is 18.1. The van der Waals surface area contributed by atoms with E-state index in [0.717, 1.165) is 41.8 Å². The molecule has 2 fully saturated rings. The van der Waals surface area contributed by atoms with Crippen LogP contribution in [0.1, 0.15) is 81.4 Å². The highest BCUT2D eigenvalue weighted by atomic mass is 32.1. The molecule has 0 radical (unpaired) electrons. The normalized spacial score (nSPS) is 22.9. The fourth-order valence-corrected chi connectivity index (χ4v) is 7.58. The average molecular weight is 652 g/mol. The number of likely N-dealkylation sites (tertiary alicyclic amines) is 1. The number of carbonyl (C=O) groups excluding carboxylic acids is 2. The minimum atomic E-state index is -0.669. The third kappa shape index (κ3) is 9.08. The molecule has 4 atom stereocenters. The molecule has 10 nitrogen and oxygen atoms in total. The van der Waals surface area contributed by atoms with Crippen molar-refractivity contribution >= 4 is 29.2 Å². The Kier molecular flexibility index (Phi) is 12.5. The maximum atomic E-state index is 14.3. The van der Waals surface area contributed by atoms with Gasteiger partial charge in [0.1, 0.15) is 12.1 Å². The number of nitrogens with zero attached hydrogens (tertiary/aromatic N) is 4. The van der Waals surface area contributed by atoms with Gasteiger partial charge in [-0.3, -0.25) is 9.59 Å². The molecule has 3 aliphatic rings. The first kappa shape index (κ1) is 34.3. The lowest BCUT2D eigenvalue weighted by Crippen LogP contribution is -2.64. The first-order valence-electron chi connectivity index (χ1n) is 17.2. The molecule has 46 heavy (non-hydrogen) atoms. The number of piperazine rings is 1. The highest BCUT2D eigenvalue weighted by molar-refractivity contribution is 7.10. The lowest BCUT2D eigenvalue weighted by atomic mass is 10.0. The average Bonchev–Trinajstić information content (AvgIpc) is 3.71. The van der Waals surface area contributed by atoms with Crippen LogP contribution in [-0.4, -0.2) is 96.0 Å². The summed E-state index contributed by atoms with van der Waals surface area (Å²) in [5.74, 6) is -0.168. The van der Waals surface area contributed by atoms with Crippen LogP contribution in [0.3, 0.4) is 0 Å². The van der Waals surface area contributed by atoms with Gasteiger partial charge in [0.25, 0.3) is 6.02 Å². The van der Waals surface area contributed by atoms with Crippen LogP contribution in [0.4, 0.5) is 0 Å². The molecule has 252 valence electrons. The monoisotopic (exact) mass is 651 g/mol. The molecule has 3 aliphatic heterocycles. The molecular weight excluding hydrogens is 598 g/mol. The molecule has 2 saturated heterocycles. The second-order valence-corrected chi connectivity index (χ2v) is 14.2. The summed E-state index contributed by atoms with van der Waals surface area (Å²) >= 11 is 1.58. The summed E-state index contributed by atoms with van der Waals surface area (Å²) in [6, 6.07) is 11.8. The number of aliphatic imine (C=N–C) groups is 1. The molecule has 2 amide bonds. The van der Waals surface area contributed by atoms with Gasteiger partial charge in [-0.2, -0.15) is 0 Å². The van der Waals surface area contributed by atoms with Crippen molar-refractivity contribution in [3.8, 4) is 0 Å². The second-order valence-electron chi connectivity index (χ2n) is 13.2. The van der Waals surface area contributed by atoms with Gasteiger partial charge < -0.3 is 35.8 Å². The first-order chi connectivity index (χ1) is 22.3. The molecule has 4 heterocycles. The Labute approximate surface area is 278 Å². The van der Waals surface area contributed by atoms with Crippen LogP contribution in [-0.2, 0) is 27.4 Å². The lowest BCUT2D eigenvalue weighted by molar-refractivity contribution is -0.145. The largest absolute Gasteiger partial charge is 0.455 e. The third-order valence-electron chi connectivity index (χ3n) is 9.23. The van der Waals surface area contributed by atoms with Gasteiger partial charge in [-0.15, -0.1) is 11.3 Å². The number of piperidine rings is 1. The van der Waals surface area contributed by atoms with Crippen molar-refractivity contribution in [3.63, 3.8) is 0 Å². The molecule has 1 aromatic carbocycles. The Hall–Kier alpha value is -2.99. The molecule has 0 spiro atoms. The van der Waals surface area contributed by atoms with Gasteiger partial charge >= 0.3 is 0 Å². The smallest absolute Gasteiger partial charge is 0.288 e. The van der Waals surface area contributed by atoms with Crippen molar-refractivity contribution in [2.24, 2.45) is 10.7 Å². The Morgan fingerprint density at radius 2 is 1.87 bits per heavy atom. The minimum Gasteiger partial charge on any atom is -0.455 e. The summed E-state index contributed by atoms with van der Waals surface area (Å²) in [7, 11) is 0. The Morgan fingerprint density at radius 1 is 1.09 bits per heavy atom. The van der Waals surface area contributed by atoms with E-state index >= 15 is 0 Å². The topological polar surface area (TPSA) is 116 Å². The molecular formula is C35H53N7O3S. The molecule has 11 heteroatoms. The minimum absolute atomic E-state index is 0.00202. The van der Waals surface area contributed by atoms with E-state index in [0.29, 0.717) is 38.7 Å². The van der Waals surface area contributed by atoms with Crippen molar-refractivity contribution in [1.29, 1.82) is 0 Å². The maximum absolute atomic E-state index is 14.3. The number of amidine groups is 1. The Balaban J connectivity index is 1.27. The molecule has 0 bridgehead atoms. The predicted molar refractivity (Wildman–Crippen MR) is 184 cm³/mol. The zero-order valence-electron chi connectivity index (χ0n) is 27.8. The zero-order valence-corrected chi connectivity index (χ0v) is 28.6. The number of ether oxygens (including phenoxy) is 1. The van der Waals surface area contributed by atoms with Crippen LogP contribution < -0.4 is 16.4 Å². The maximum Gasteiger partial charge on any atom is 0.288 e. The van der Waals surface area contributed by atoms with E-state index in [1.165, 1.54) is 32.4 Å². The van der Waals surface area contributed by atoms with E-state index in [1.807, 2.05) is 34.5 Å². The lowest BCUT2D eigenvalue weighted by Gasteiger charge is -2.42. The summed E-state index contributed by atoms with van der Waals surface area (Å²) in [5.41, 5.74) is 7.93. The summed E-state index contributed by atoms with van der Waals surface area (Å²) in [5, 5.41) is 8.67. The van der Waals surface area contributed by atoms with E-state index in [9.17, 15) is 9.59 Å². The summed E-state index contributed by atoms with van der Waals surface area (Å²) in [4.78, 5) is 40.4. The van der Waals surface area contributed by atoms with Crippen LogP contribution in [0.15, 0.2) is 46.8 Å². The SMILES string of the molecule is CC(C)NC(CCCCN1CCCCC1)C(=O)N1CCN(C2=N[C@@H](C)[C@H](c3ccccc3)O2)C[C@H]1C(=O)NCc1cc(CN)cs1. The molecule has 0 saturated carbocycles. The van der Waals surface area contributed by atoms with E-state index in [4.69, 9.17) is 15.5 Å². The van der Waals surface area contributed by atoms with Gasteiger partial charge in [0, 0.05) is 30.6 Å². The number of unbranched alkanes of at least 4 members (excludes halogenated alkanes) is 1. The van der Waals surface area contributed by atoms with E-state index in [2.05, 4.69) is 48.4 Å². The number of rotatable bonds is 13. The molecule has 2 aromatic rings. The number of amides is 2. The van der Waals surface area contributed by atoms with Gasteiger partial charge in [-0.25, -0.2) is 4.99 Å². The molecule has 1 aromatic heterocycles. The molecule has 4 N–H and O–H groups in total. The quantitative estimate of drug-likeness (QED) is 0.282. The molecule has 0 aliphatic carbocycles. The Bertz CT molecular complexity index is 1300. The van der Waals surface area contributed by atoms with Crippen molar-refractivity contribution in [1.82, 2.24) is 25.3 Å². The van der Waals surface area contributed by atoms with Crippen molar-refractivity contribution in [3.05, 3.63) is 57.8 Å². The van der Waals surface area contributed by atoms with E-state index in [1.54, 1.807) is 16.2 Å². The summed E-state index contributed by atoms with van der Waals surface area (Å²) in [6.45, 7) is 11.8. The van der Waals surface area contributed by atoms with Crippen LogP contribution in [0.2, 0.25) is 0 Å². The molecule has 5 rings (SSSR count). The Morgan fingerprint density at radius 3 is 2.59 bits per heavy atom. The molecule has 1 unspecified atom stereocenters. The number of benzene rings is 1. The second kappa shape index (κ2) is 16.7. The number of nitrogens with one attached hydrogen (secondary N) is 2. The van der Waals surface area contributed by atoms with Crippen LogP contribution in [0.25, 0.3) is 0 Å². The summed E-state index contributed by atoms with van der Waals surface area (Å²) in [6.07, 6.45) is 6.53. The number of hydrogen-bond donors (Lipinski definition) is 3. The van der Waals surface area contributed by atoms with Crippen molar-refractivity contribution in [2.75, 3.05) is 39.3 Å². The highest BCUT2D eigenvalue weighted by Gasteiger charge is 2.41. The standard InChI is InChI=1S/C35H53N7O3S/c1-25(2)38-30(14-8-11-17-40-15-9-5-10-16-40)34(44)42-19-18-41(35-39-26(3)32(45-35)28-12-6-4-7-13-28)23-31(42)33(43)37-22-29-20-27(21-36)24-46-29/h4,6-7,12-13,20,24-26,30-32,38H,5,8-11,14-19,21-23,36H2,1-3H3,(H,37,43)/t26-,30?,31-,32+/m0/s1. The van der Waals surface area contributed by atoms with E-state index < -0.39 is 6.04 Å². The van der Waals surface area contributed by atoms with Gasteiger partial charge in [0.2, 0.25) is 11.8 Å². The zero-order chi connectivity index (χ0) is 32.5. The number of carbonyl (C=O) groups is 2. The van der Waals surface area contributed by atoms with Gasteiger partial charge in [-0.05, 0) is 74.8 Å². The van der Waals surface area contributed by atoms with Gasteiger partial charge in [0.05, 0.1) is 25.2 Å². The van der Waals surface area contributed by atoms with Crippen molar-refractivity contribution < 1.29 is 14.3 Å². The summed E-state index contributed by atoms with van der Waals surface area (Å²) < 4.78 is 6.40. The third-order valence-corrected chi connectivity index (χ3v) is 10.2. The fourth-order valence-electron chi connectivity index (χ4n) is 6.74. The fraction of sp³-hybridized carbons (Fsp3) is 0.629. The number of hydrogen-bond acceptors (Lipinski definition) is 9. The van der Waals surface area contributed by atoms with Crippen LogP contribution >= 0.6 is 11.3 Å². The highest BCUT2D eigenvalue weighted by Crippen LogP contribution is 2.30. The number of thiophene rings is 1. The van der Waals surface area contributed by atoms with E-state index in [-0.39, 0.29) is 36.0 Å². The van der Waals surface area contributed by atoms with Crippen LogP contribution in [0, 0.1) is 0 Å². The van der Waals surface area contributed by atoms with Crippen molar-refractivity contribution in [2.45, 2.75) is 103 Å².